The van der Waals surface area contributed by atoms with E-state index in [1.807, 2.05) is 0 Å². The third-order valence-electron chi connectivity index (χ3n) is 6.17. The van der Waals surface area contributed by atoms with Crippen LogP contribution in [0.2, 0.25) is 0 Å². The molecule has 0 radical (unpaired) electrons. The minimum atomic E-state index is -0.492. The second kappa shape index (κ2) is 9.24. The van der Waals surface area contributed by atoms with Crippen molar-refractivity contribution in [3.63, 3.8) is 0 Å². The van der Waals surface area contributed by atoms with Gasteiger partial charge in [-0.15, -0.1) is 11.3 Å². The van der Waals surface area contributed by atoms with Crippen LogP contribution in [-0.2, 0) is 17.6 Å². The summed E-state index contributed by atoms with van der Waals surface area (Å²) in [5, 5.41) is 3.44. The molecular weight excluding hydrogens is 426 g/mol. The van der Waals surface area contributed by atoms with Crippen LogP contribution < -0.4 is 11.1 Å². The van der Waals surface area contributed by atoms with Crippen LogP contribution in [0.15, 0.2) is 24.3 Å². The van der Waals surface area contributed by atoms with Crippen molar-refractivity contribution >= 4 is 40.0 Å². The highest BCUT2D eigenvalue weighted by Gasteiger charge is 2.34. The van der Waals surface area contributed by atoms with E-state index in [1.165, 1.54) is 16.2 Å². The van der Waals surface area contributed by atoms with Gasteiger partial charge in [0.1, 0.15) is 5.00 Å². The summed E-state index contributed by atoms with van der Waals surface area (Å²) in [7, 11) is 0. The van der Waals surface area contributed by atoms with Gasteiger partial charge in [0.15, 0.2) is 0 Å². The Hall–Kier alpha value is -3.00. The second-order valence-corrected chi connectivity index (χ2v) is 9.69. The number of benzene rings is 1. The number of fused-ring (bicyclic) bond motifs is 2. The fraction of sp³-hybridized carbons (Fsp3) is 0.417. The van der Waals surface area contributed by atoms with Gasteiger partial charge in [0, 0.05) is 17.8 Å². The predicted octanol–water partition coefficient (Wildman–Crippen LogP) is 3.77. The fourth-order valence-corrected chi connectivity index (χ4v) is 5.90. The molecule has 2 aliphatic rings. The van der Waals surface area contributed by atoms with E-state index in [0.717, 1.165) is 29.7 Å². The van der Waals surface area contributed by atoms with Gasteiger partial charge in [0.2, 0.25) is 5.91 Å². The van der Waals surface area contributed by atoms with E-state index in [1.54, 1.807) is 24.3 Å². The summed E-state index contributed by atoms with van der Waals surface area (Å²) in [6.07, 6.45) is 5.03. The highest BCUT2D eigenvalue weighted by molar-refractivity contribution is 7.17. The summed E-state index contributed by atoms with van der Waals surface area (Å²) in [4.78, 5) is 51.6. The number of rotatable bonds is 8. The molecule has 1 aliphatic carbocycles. The third kappa shape index (κ3) is 4.32. The molecular formula is C24H27N3O4S. The Labute approximate surface area is 191 Å². The van der Waals surface area contributed by atoms with Crippen molar-refractivity contribution in [3.8, 4) is 0 Å². The Bertz CT molecular complexity index is 1060. The van der Waals surface area contributed by atoms with Crippen molar-refractivity contribution in [1.82, 2.24) is 4.90 Å². The van der Waals surface area contributed by atoms with Crippen LogP contribution in [0, 0.1) is 5.92 Å². The largest absolute Gasteiger partial charge is 0.365 e. The highest BCUT2D eigenvalue weighted by Crippen LogP contribution is 2.39. The Kier molecular flexibility index (Phi) is 6.41. The fourth-order valence-electron chi connectivity index (χ4n) is 4.46. The van der Waals surface area contributed by atoms with Gasteiger partial charge in [-0.1, -0.05) is 25.5 Å². The monoisotopic (exact) mass is 453 g/mol. The Morgan fingerprint density at radius 3 is 2.47 bits per heavy atom. The van der Waals surface area contributed by atoms with E-state index in [-0.39, 0.29) is 17.7 Å². The maximum Gasteiger partial charge on any atom is 0.261 e. The van der Waals surface area contributed by atoms with Crippen LogP contribution in [0.4, 0.5) is 5.00 Å². The molecule has 1 aromatic carbocycles. The van der Waals surface area contributed by atoms with Gasteiger partial charge in [-0.25, -0.2) is 0 Å². The Morgan fingerprint density at radius 1 is 1.12 bits per heavy atom. The number of amides is 4. The average Bonchev–Trinajstić information content (AvgIpc) is 3.23. The van der Waals surface area contributed by atoms with E-state index in [4.69, 9.17) is 5.73 Å². The minimum Gasteiger partial charge on any atom is -0.365 e. The van der Waals surface area contributed by atoms with Crippen LogP contribution in [0.3, 0.4) is 0 Å². The van der Waals surface area contributed by atoms with E-state index in [2.05, 4.69) is 12.2 Å². The van der Waals surface area contributed by atoms with Crippen molar-refractivity contribution in [2.45, 2.75) is 51.9 Å². The molecule has 2 heterocycles. The van der Waals surface area contributed by atoms with Crippen LogP contribution in [0.5, 0.6) is 0 Å². The van der Waals surface area contributed by atoms with E-state index >= 15 is 0 Å². The van der Waals surface area contributed by atoms with E-state index in [9.17, 15) is 19.2 Å². The molecule has 0 bridgehead atoms. The first-order valence-corrected chi connectivity index (χ1v) is 11.9. The topological polar surface area (TPSA) is 110 Å². The molecule has 0 saturated carbocycles. The number of nitrogens with zero attached hydrogens (tertiary/aromatic N) is 1. The van der Waals surface area contributed by atoms with Crippen molar-refractivity contribution in [2.75, 3.05) is 11.9 Å². The summed E-state index contributed by atoms with van der Waals surface area (Å²) in [6, 6.07) is 6.84. The van der Waals surface area contributed by atoms with Crippen LogP contribution in [0.25, 0.3) is 0 Å². The molecule has 0 spiro atoms. The van der Waals surface area contributed by atoms with Gasteiger partial charge in [-0.05, 0) is 55.7 Å². The molecule has 8 heteroatoms. The molecule has 32 heavy (non-hydrogen) atoms. The number of unbranched alkanes of at least 4 members (excludes halogenated alkanes) is 2. The normalized spacial score (nSPS) is 17.3. The summed E-state index contributed by atoms with van der Waals surface area (Å²) >= 11 is 1.46. The van der Waals surface area contributed by atoms with Gasteiger partial charge >= 0.3 is 0 Å². The summed E-state index contributed by atoms with van der Waals surface area (Å²) in [5.74, 6) is -0.586. The number of primary amides is 1. The Balaban J connectivity index is 1.26. The van der Waals surface area contributed by atoms with E-state index < -0.39 is 5.91 Å². The number of hydrogen-bond acceptors (Lipinski definition) is 5. The molecule has 3 N–H and O–H groups in total. The van der Waals surface area contributed by atoms with Crippen LogP contribution >= 0.6 is 11.3 Å². The average molecular weight is 454 g/mol. The molecule has 0 saturated heterocycles. The molecule has 1 atom stereocenters. The quantitative estimate of drug-likeness (QED) is 0.468. The molecule has 0 unspecified atom stereocenters. The second-order valence-electron chi connectivity index (χ2n) is 8.59. The van der Waals surface area contributed by atoms with Crippen molar-refractivity contribution in [1.29, 1.82) is 0 Å². The molecule has 0 fully saturated rings. The maximum atomic E-state index is 12.5. The zero-order valence-corrected chi connectivity index (χ0v) is 18.9. The standard InChI is InChI=1S/C24H27N3O4S/c1-14-10-11-17-18(13-14)32-22(20(17)21(25)29)26-19(28)9-3-2-6-12-27-23(30)15-7-4-5-8-16(15)24(27)31/h4-5,7-8,14H,2-3,6,9-13H2,1H3,(H2,25,29)(H,26,28)/t14-/m0/s1. The van der Waals surface area contributed by atoms with Crippen molar-refractivity contribution in [3.05, 3.63) is 51.4 Å². The van der Waals surface area contributed by atoms with Gasteiger partial charge in [-0.2, -0.15) is 0 Å². The summed E-state index contributed by atoms with van der Waals surface area (Å²) in [5.41, 5.74) is 7.98. The molecule has 4 rings (SSSR count). The first-order valence-electron chi connectivity index (χ1n) is 11.1. The first-order chi connectivity index (χ1) is 15.4. The molecule has 2 aromatic rings. The van der Waals surface area contributed by atoms with Crippen molar-refractivity contribution in [2.24, 2.45) is 11.7 Å². The zero-order chi connectivity index (χ0) is 22.8. The van der Waals surface area contributed by atoms with Crippen LogP contribution in [-0.4, -0.2) is 35.1 Å². The number of nitrogens with one attached hydrogen (secondary N) is 1. The van der Waals surface area contributed by atoms with Gasteiger partial charge in [0.05, 0.1) is 16.7 Å². The van der Waals surface area contributed by atoms with Crippen molar-refractivity contribution < 1.29 is 19.2 Å². The predicted molar refractivity (Wildman–Crippen MR) is 123 cm³/mol. The number of imide groups is 1. The maximum absolute atomic E-state index is 12.5. The summed E-state index contributed by atoms with van der Waals surface area (Å²) in [6.45, 7) is 2.53. The SMILES string of the molecule is C[C@H]1CCc2c(sc(NC(=O)CCCCCN3C(=O)c4ccccc4C3=O)c2C(N)=O)C1. The van der Waals surface area contributed by atoms with E-state index in [0.29, 0.717) is 59.8 Å². The van der Waals surface area contributed by atoms with Gasteiger partial charge in [0.25, 0.3) is 17.7 Å². The number of nitrogens with two attached hydrogens (primary N) is 1. The number of anilines is 1. The lowest BCUT2D eigenvalue weighted by atomic mass is 9.88. The first kappa shape index (κ1) is 22.2. The lowest BCUT2D eigenvalue weighted by Crippen LogP contribution is -2.30. The zero-order valence-electron chi connectivity index (χ0n) is 18.1. The van der Waals surface area contributed by atoms with Crippen LogP contribution in [0.1, 0.15) is 80.5 Å². The molecule has 1 aromatic heterocycles. The Morgan fingerprint density at radius 2 is 1.81 bits per heavy atom. The lowest BCUT2D eigenvalue weighted by molar-refractivity contribution is -0.116. The number of carbonyl (C=O) groups excluding carboxylic acids is 4. The number of hydrogen-bond donors (Lipinski definition) is 2. The smallest absolute Gasteiger partial charge is 0.261 e. The number of thiophene rings is 1. The minimum absolute atomic E-state index is 0.153. The molecule has 168 valence electrons. The van der Waals surface area contributed by atoms with Gasteiger partial charge < -0.3 is 11.1 Å². The third-order valence-corrected chi connectivity index (χ3v) is 7.34. The molecule has 1 aliphatic heterocycles. The number of carbonyl (C=O) groups is 4. The summed E-state index contributed by atoms with van der Waals surface area (Å²) < 4.78 is 0. The molecule has 4 amide bonds. The molecule has 7 nitrogen and oxygen atoms in total. The highest BCUT2D eigenvalue weighted by atomic mass is 32.1. The van der Waals surface area contributed by atoms with Gasteiger partial charge in [-0.3, -0.25) is 24.1 Å². The lowest BCUT2D eigenvalue weighted by Gasteiger charge is -2.18.